The van der Waals surface area contributed by atoms with E-state index in [1.54, 1.807) is 41.9 Å². The zero-order chi connectivity index (χ0) is 25.8. The van der Waals surface area contributed by atoms with Crippen LogP contribution in [0.2, 0.25) is 0 Å². The predicted octanol–water partition coefficient (Wildman–Crippen LogP) is 4.80. The van der Waals surface area contributed by atoms with Crippen LogP contribution in [0.5, 0.6) is 0 Å². The molecule has 0 radical (unpaired) electrons. The van der Waals surface area contributed by atoms with Gasteiger partial charge in [-0.1, -0.05) is 18.2 Å². The van der Waals surface area contributed by atoms with E-state index in [9.17, 15) is 13.2 Å². The van der Waals surface area contributed by atoms with Crippen LogP contribution in [-0.2, 0) is 21.2 Å². The van der Waals surface area contributed by atoms with Crippen LogP contribution in [0.4, 0.5) is 11.4 Å². The van der Waals surface area contributed by atoms with E-state index in [4.69, 9.17) is 5.26 Å². The Morgan fingerprint density at radius 3 is 2.62 bits per heavy atom. The molecule has 0 atom stereocenters. The third-order valence-electron chi connectivity index (χ3n) is 6.66. The number of thiazole rings is 1. The van der Waals surface area contributed by atoms with Gasteiger partial charge >= 0.3 is 0 Å². The van der Waals surface area contributed by atoms with E-state index in [0.29, 0.717) is 34.8 Å². The first-order valence-electron chi connectivity index (χ1n) is 12.1. The van der Waals surface area contributed by atoms with Gasteiger partial charge in [-0.3, -0.25) is 4.79 Å². The summed E-state index contributed by atoms with van der Waals surface area (Å²) in [6.45, 7) is 0. The van der Waals surface area contributed by atoms with Crippen molar-refractivity contribution in [1.82, 2.24) is 13.9 Å². The fourth-order valence-corrected chi connectivity index (χ4v) is 6.62. The van der Waals surface area contributed by atoms with Crippen LogP contribution in [0.1, 0.15) is 37.8 Å². The molecule has 1 aliphatic carbocycles. The first-order valence-corrected chi connectivity index (χ1v) is 14.4. The first kappa shape index (κ1) is 24.9. The van der Waals surface area contributed by atoms with Gasteiger partial charge in [-0.25, -0.2) is 22.4 Å². The summed E-state index contributed by atoms with van der Waals surface area (Å²) >= 11 is 1.43. The number of aromatic nitrogens is 3. The van der Waals surface area contributed by atoms with E-state index >= 15 is 0 Å². The maximum absolute atomic E-state index is 13.3. The van der Waals surface area contributed by atoms with Gasteiger partial charge in [0, 0.05) is 29.4 Å². The second-order valence-electron chi connectivity index (χ2n) is 9.14. The van der Waals surface area contributed by atoms with Crippen LogP contribution in [0, 0.1) is 17.2 Å². The number of amides is 1. The van der Waals surface area contributed by atoms with Gasteiger partial charge in [0.2, 0.25) is 5.91 Å². The monoisotopic (exact) mass is 534 g/mol. The van der Waals surface area contributed by atoms with Gasteiger partial charge in [-0.2, -0.15) is 5.26 Å². The highest BCUT2D eigenvalue weighted by Gasteiger charge is 2.25. The number of hydrogen-bond donors (Lipinski definition) is 2. The van der Waals surface area contributed by atoms with Crippen molar-refractivity contribution >= 4 is 49.7 Å². The normalized spacial score (nSPS) is 17.8. The Morgan fingerprint density at radius 2 is 1.92 bits per heavy atom. The maximum atomic E-state index is 13.3. The first-order chi connectivity index (χ1) is 18.0. The molecule has 1 aromatic carbocycles. The molecule has 11 heteroatoms. The van der Waals surface area contributed by atoms with Crippen molar-refractivity contribution in [3.8, 4) is 6.07 Å². The van der Waals surface area contributed by atoms with Crippen LogP contribution >= 0.6 is 11.3 Å². The van der Waals surface area contributed by atoms with Crippen LogP contribution in [0.25, 0.3) is 11.0 Å². The SMILES string of the molecule is N#CC[C@H]1CC[C@H](Nc2c(NC(=O)Cc3cscn3)cnc3c2ccn3S(=O)(=O)c2ccccc2)CC1. The van der Waals surface area contributed by atoms with Crippen LogP contribution < -0.4 is 10.6 Å². The quantitative estimate of drug-likeness (QED) is 0.332. The molecule has 1 saturated carbocycles. The van der Waals surface area contributed by atoms with Crippen molar-refractivity contribution in [1.29, 1.82) is 5.26 Å². The van der Waals surface area contributed by atoms with Crippen molar-refractivity contribution in [3.63, 3.8) is 0 Å². The largest absolute Gasteiger partial charge is 0.380 e. The fraction of sp³-hybridized carbons (Fsp3) is 0.308. The number of anilines is 2. The molecular weight excluding hydrogens is 508 g/mol. The Kier molecular flexibility index (Phi) is 7.21. The van der Waals surface area contributed by atoms with E-state index in [-0.39, 0.29) is 28.9 Å². The molecule has 5 rings (SSSR count). The van der Waals surface area contributed by atoms with E-state index in [1.807, 2.05) is 5.38 Å². The molecule has 4 aromatic rings. The van der Waals surface area contributed by atoms with Gasteiger partial charge in [0.05, 0.1) is 46.2 Å². The van der Waals surface area contributed by atoms with Crippen LogP contribution in [0.3, 0.4) is 0 Å². The summed E-state index contributed by atoms with van der Waals surface area (Å²) in [4.78, 5) is 21.6. The second-order valence-corrected chi connectivity index (χ2v) is 11.7. The average molecular weight is 535 g/mol. The summed E-state index contributed by atoms with van der Waals surface area (Å²) in [5.74, 6) is 0.166. The number of carbonyl (C=O) groups excluding carboxylic acids is 1. The number of fused-ring (bicyclic) bond motifs is 1. The van der Waals surface area contributed by atoms with Crippen molar-refractivity contribution in [3.05, 3.63) is 65.4 Å². The number of hydrogen-bond acceptors (Lipinski definition) is 8. The van der Waals surface area contributed by atoms with Gasteiger partial charge in [0.25, 0.3) is 10.0 Å². The number of pyridine rings is 1. The average Bonchev–Trinajstić information content (AvgIpc) is 3.57. The minimum Gasteiger partial charge on any atom is -0.380 e. The molecule has 0 unspecified atom stereocenters. The van der Waals surface area contributed by atoms with Gasteiger partial charge in [0.15, 0.2) is 5.65 Å². The molecule has 1 aliphatic rings. The highest BCUT2D eigenvalue weighted by atomic mass is 32.2. The molecule has 2 N–H and O–H groups in total. The molecular formula is C26H26N6O3S2. The number of nitrogens with zero attached hydrogens (tertiary/aromatic N) is 4. The lowest BCUT2D eigenvalue weighted by molar-refractivity contribution is -0.115. The zero-order valence-corrected chi connectivity index (χ0v) is 21.6. The van der Waals surface area contributed by atoms with E-state index < -0.39 is 10.0 Å². The molecule has 0 saturated heterocycles. The molecule has 3 aromatic heterocycles. The Morgan fingerprint density at radius 1 is 1.14 bits per heavy atom. The van der Waals surface area contributed by atoms with Crippen molar-refractivity contribution < 1.29 is 13.2 Å². The third-order valence-corrected chi connectivity index (χ3v) is 8.97. The van der Waals surface area contributed by atoms with Crippen LogP contribution in [-0.4, -0.2) is 34.3 Å². The topological polar surface area (TPSA) is 130 Å². The standard InChI is InChI=1S/C26H26N6O3S2/c27-12-10-18-6-8-19(9-7-18)30-25-22-11-13-32(37(34,35)21-4-2-1-3-5-21)26(22)28-15-23(25)31-24(33)14-20-16-36-17-29-20/h1-5,11,13,15-19H,6-10,14H2,(H,28,30)(H,31,33)/t18-,19-. The van der Waals surface area contributed by atoms with Crippen LogP contribution in [0.15, 0.2) is 64.6 Å². The van der Waals surface area contributed by atoms with Gasteiger partial charge in [0.1, 0.15) is 0 Å². The van der Waals surface area contributed by atoms with Gasteiger partial charge in [-0.05, 0) is 49.8 Å². The smallest absolute Gasteiger partial charge is 0.269 e. The molecule has 3 heterocycles. The summed E-state index contributed by atoms with van der Waals surface area (Å²) < 4.78 is 27.9. The summed E-state index contributed by atoms with van der Waals surface area (Å²) in [6.07, 6.45) is 7.32. The number of nitriles is 1. The third kappa shape index (κ3) is 5.35. The van der Waals surface area contributed by atoms with Crippen molar-refractivity contribution in [2.45, 2.75) is 49.5 Å². The molecule has 0 bridgehead atoms. The lowest BCUT2D eigenvalue weighted by atomic mass is 9.84. The lowest BCUT2D eigenvalue weighted by Crippen LogP contribution is -2.27. The van der Waals surface area contributed by atoms with E-state index in [0.717, 1.165) is 25.7 Å². The molecule has 1 amide bonds. The number of nitrogens with one attached hydrogen (secondary N) is 2. The molecule has 1 fully saturated rings. The lowest BCUT2D eigenvalue weighted by Gasteiger charge is -2.29. The van der Waals surface area contributed by atoms with E-state index in [2.05, 4.69) is 26.7 Å². The summed E-state index contributed by atoms with van der Waals surface area (Å²) in [5, 5.41) is 18.0. The number of rotatable bonds is 8. The molecule has 190 valence electrons. The Balaban J connectivity index is 1.49. The molecule has 0 spiro atoms. The Bertz CT molecular complexity index is 1530. The highest BCUT2D eigenvalue weighted by Crippen LogP contribution is 2.36. The summed E-state index contributed by atoms with van der Waals surface area (Å²) in [7, 11) is -3.85. The highest BCUT2D eigenvalue weighted by molar-refractivity contribution is 7.90. The minimum absolute atomic E-state index is 0.129. The summed E-state index contributed by atoms with van der Waals surface area (Å²) in [5.41, 5.74) is 3.77. The molecule has 37 heavy (non-hydrogen) atoms. The second kappa shape index (κ2) is 10.7. The molecule has 0 aliphatic heterocycles. The fourth-order valence-electron chi connectivity index (χ4n) is 4.74. The van der Waals surface area contributed by atoms with Crippen molar-refractivity contribution in [2.75, 3.05) is 10.6 Å². The molecule has 9 nitrogen and oxygen atoms in total. The Labute approximate surface area is 219 Å². The van der Waals surface area contributed by atoms with E-state index in [1.165, 1.54) is 27.7 Å². The predicted molar refractivity (Wildman–Crippen MR) is 143 cm³/mol. The van der Waals surface area contributed by atoms with Gasteiger partial charge in [-0.15, -0.1) is 11.3 Å². The van der Waals surface area contributed by atoms with Crippen molar-refractivity contribution in [2.24, 2.45) is 5.92 Å². The zero-order valence-electron chi connectivity index (χ0n) is 20.0. The number of benzene rings is 1. The summed E-state index contributed by atoms with van der Waals surface area (Å²) in [6, 6.07) is 12.3. The maximum Gasteiger partial charge on any atom is 0.269 e. The minimum atomic E-state index is -3.85. The van der Waals surface area contributed by atoms with Gasteiger partial charge < -0.3 is 10.6 Å². The Hall–Kier alpha value is -3.75. The number of carbonyl (C=O) groups is 1.